The summed E-state index contributed by atoms with van der Waals surface area (Å²) in [6.45, 7) is 1.01. The quantitative estimate of drug-likeness (QED) is 0.782. The van der Waals surface area contributed by atoms with E-state index >= 15 is 0 Å². The summed E-state index contributed by atoms with van der Waals surface area (Å²) < 4.78 is 2.33. The van der Waals surface area contributed by atoms with Crippen molar-refractivity contribution in [3.63, 3.8) is 0 Å². The first-order valence-electron chi connectivity index (χ1n) is 7.47. The van der Waals surface area contributed by atoms with Crippen LogP contribution in [0.15, 0.2) is 36.4 Å². The standard InChI is InChI=1S/C18H17N2O/c19-18(21)14-8-4-10-16-17(14)13-7-1-2-9-15(13)20(16)11-12-5-3-6-12/h1-2,4,8-10,12H,3,5-6,11H2,(H2,19,21). The number of amides is 1. The molecule has 1 aliphatic carbocycles. The normalized spacial score (nSPS) is 15.4. The van der Waals surface area contributed by atoms with Gasteiger partial charge in [-0.05, 0) is 43.0 Å². The van der Waals surface area contributed by atoms with Crippen LogP contribution < -0.4 is 5.73 Å². The average Bonchev–Trinajstić information content (AvgIpc) is 2.77. The fraction of sp³-hybridized carbons (Fsp3) is 0.278. The Morgan fingerprint density at radius 1 is 1.24 bits per heavy atom. The van der Waals surface area contributed by atoms with E-state index < -0.39 is 0 Å². The van der Waals surface area contributed by atoms with E-state index in [4.69, 9.17) is 5.73 Å². The third-order valence-electron chi connectivity index (χ3n) is 4.64. The molecule has 105 valence electrons. The second-order valence-corrected chi connectivity index (χ2v) is 5.90. The topological polar surface area (TPSA) is 48.0 Å². The van der Waals surface area contributed by atoms with Crippen molar-refractivity contribution >= 4 is 27.7 Å². The van der Waals surface area contributed by atoms with Crippen LogP contribution >= 0.6 is 0 Å². The SMILES string of the molecule is NC(=O)c1cccc2c1c1[c]cccc1n2CC1CCC1. The van der Waals surface area contributed by atoms with Crippen LogP contribution in [0, 0.1) is 12.0 Å². The maximum absolute atomic E-state index is 11.8. The summed E-state index contributed by atoms with van der Waals surface area (Å²) in [5, 5.41) is 1.95. The van der Waals surface area contributed by atoms with Crippen LogP contribution in [-0.2, 0) is 6.54 Å². The molecule has 1 aromatic heterocycles. The Morgan fingerprint density at radius 2 is 2.05 bits per heavy atom. The molecular weight excluding hydrogens is 260 g/mol. The second kappa shape index (κ2) is 4.62. The predicted octanol–water partition coefficient (Wildman–Crippen LogP) is 3.49. The van der Waals surface area contributed by atoms with Gasteiger partial charge in [-0.2, -0.15) is 0 Å². The molecule has 0 bridgehead atoms. The molecule has 1 saturated carbocycles. The number of aromatic nitrogens is 1. The van der Waals surface area contributed by atoms with Gasteiger partial charge >= 0.3 is 0 Å². The van der Waals surface area contributed by atoms with Gasteiger partial charge in [0.1, 0.15) is 0 Å². The van der Waals surface area contributed by atoms with Crippen LogP contribution in [0.4, 0.5) is 0 Å². The number of carbonyl (C=O) groups is 1. The number of hydrogen-bond donors (Lipinski definition) is 1. The Hall–Kier alpha value is -2.29. The van der Waals surface area contributed by atoms with Crippen molar-refractivity contribution in [1.82, 2.24) is 4.57 Å². The first-order valence-corrected chi connectivity index (χ1v) is 7.47. The highest BCUT2D eigenvalue weighted by molar-refractivity contribution is 6.17. The Labute approximate surface area is 123 Å². The summed E-state index contributed by atoms with van der Waals surface area (Å²) in [7, 11) is 0. The van der Waals surface area contributed by atoms with Gasteiger partial charge in [0, 0.05) is 33.9 Å². The van der Waals surface area contributed by atoms with Gasteiger partial charge in [-0.3, -0.25) is 4.79 Å². The van der Waals surface area contributed by atoms with Gasteiger partial charge in [0.25, 0.3) is 0 Å². The van der Waals surface area contributed by atoms with Gasteiger partial charge < -0.3 is 10.3 Å². The number of primary amides is 1. The minimum absolute atomic E-state index is 0.374. The first-order chi connectivity index (χ1) is 10.3. The zero-order chi connectivity index (χ0) is 14.4. The Kier molecular flexibility index (Phi) is 2.74. The number of rotatable bonds is 3. The van der Waals surface area contributed by atoms with Crippen LogP contribution in [0.5, 0.6) is 0 Å². The molecule has 2 aromatic carbocycles. The molecule has 3 aromatic rings. The lowest BCUT2D eigenvalue weighted by Gasteiger charge is -2.26. The van der Waals surface area contributed by atoms with E-state index in [1.54, 1.807) is 6.07 Å². The van der Waals surface area contributed by atoms with Gasteiger partial charge in [-0.25, -0.2) is 0 Å². The van der Waals surface area contributed by atoms with Crippen LogP contribution in [-0.4, -0.2) is 10.5 Å². The molecular formula is C18H17N2O. The smallest absolute Gasteiger partial charge is 0.249 e. The number of carbonyl (C=O) groups excluding carboxylic acids is 1. The third-order valence-corrected chi connectivity index (χ3v) is 4.64. The lowest BCUT2D eigenvalue weighted by molar-refractivity contribution is 0.100. The Bertz CT molecular complexity index is 843. The highest BCUT2D eigenvalue weighted by atomic mass is 16.1. The number of nitrogens with zero attached hydrogens (tertiary/aromatic N) is 1. The third kappa shape index (κ3) is 1.84. The van der Waals surface area contributed by atoms with Crippen molar-refractivity contribution in [2.75, 3.05) is 0 Å². The molecule has 0 spiro atoms. The van der Waals surface area contributed by atoms with E-state index in [1.807, 2.05) is 18.2 Å². The Morgan fingerprint density at radius 3 is 2.76 bits per heavy atom. The molecule has 2 N–H and O–H groups in total. The molecule has 0 saturated heterocycles. The fourth-order valence-corrected chi connectivity index (χ4v) is 3.35. The van der Waals surface area contributed by atoms with Crippen LogP contribution in [0.2, 0.25) is 0 Å². The lowest BCUT2D eigenvalue weighted by atomic mass is 9.85. The van der Waals surface area contributed by atoms with Gasteiger partial charge in [0.15, 0.2) is 0 Å². The maximum atomic E-state index is 11.8. The molecule has 0 unspecified atom stereocenters. The summed E-state index contributed by atoms with van der Waals surface area (Å²) in [5.74, 6) is 0.377. The van der Waals surface area contributed by atoms with Crippen molar-refractivity contribution in [3.05, 3.63) is 48.0 Å². The molecule has 1 fully saturated rings. The van der Waals surface area contributed by atoms with E-state index in [2.05, 4.69) is 22.8 Å². The zero-order valence-corrected chi connectivity index (χ0v) is 11.8. The minimum Gasteiger partial charge on any atom is -0.366 e. The summed E-state index contributed by atoms with van der Waals surface area (Å²) in [6.07, 6.45) is 3.93. The molecule has 3 nitrogen and oxygen atoms in total. The van der Waals surface area contributed by atoms with Gasteiger partial charge in [-0.1, -0.05) is 24.6 Å². The van der Waals surface area contributed by atoms with Crippen LogP contribution in [0.25, 0.3) is 21.8 Å². The molecule has 1 aliphatic rings. The summed E-state index contributed by atoms with van der Waals surface area (Å²) >= 11 is 0. The molecule has 0 aliphatic heterocycles. The molecule has 4 rings (SSSR count). The van der Waals surface area contributed by atoms with Crippen molar-refractivity contribution in [1.29, 1.82) is 0 Å². The highest BCUT2D eigenvalue weighted by Crippen LogP contribution is 2.35. The van der Waals surface area contributed by atoms with E-state index in [1.165, 1.54) is 19.3 Å². The van der Waals surface area contributed by atoms with Crippen molar-refractivity contribution in [2.45, 2.75) is 25.8 Å². The number of hydrogen-bond acceptors (Lipinski definition) is 1. The molecule has 1 radical (unpaired) electrons. The number of fused-ring (bicyclic) bond motifs is 3. The fourth-order valence-electron chi connectivity index (χ4n) is 3.35. The molecule has 0 atom stereocenters. The summed E-state index contributed by atoms with van der Waals surface area (Å²) in [4.78, 5) is 11.8. The number of benzene rings is 2. The zero-order valence-electron chi connectivity index (χ0n) is 11.8. The van der Waals surface area contributed by atoms with E-state index in [0.29, 0.717) is 5.56 Å². The van der Waals surface area contributed by atoms with E-state index in [0.717, 1.165) is 34.3 Å². The van der Waals surface area contributed by atoms with Crippen LogP contribution in [0.3, 0.4) is 0 Å². The predicted molar refractivity (Wildman–Crippen MR) is 84.1 cm³/mol. The van der Waals surface area contributed by atoms with Crippen molar-refractivity contribution in [3.8, 4) is 0 Å². The molecule has 1 amide bonds. The number of nitrogens with two attached hydrogens (primary N) is 1. The second-order valence-electron chi connectivity index (χ2n) is 5.90. The first kappa shape index (κ1) is 12.5. The van der Waals surface area contributed by atoms with E-state index in [-0.39, 0.29) is 5.91 Å². The maximum Gasteiger partial charge on any atom is 0.249 e. The summed E-state index contributed by atoms with van der Waals surface area (Å²) in [5.41, 5.74) is 8.39. The molecule has 1 heterocycles. The monoisotopic (exact) mass is 277 g/mol. The van der Waals surface area contributed by atoms with Gasteiger partial charge in [0.05, 0.1) is 0 Å². The molecule has 3 heteroatoms. The molecule has 21 heavy (non-hydrogen) atoms. The van der Waals surface area contributed by atoms with Crippen LogP contribution in [0.1, 0.15) is 29.6 Å². The van der Waals surface area contributed by atoms with E-state index in [9.17, 15) is 4.79 Å². The largest absolute Gasteiger partial charge is 0.366 e. The van der Waals surface area contributed by atoms with Gasteiger partial charge in [-0.15, -0.1) is 0 Å². The lowest BCUT2D eigenvalue weighted by Crippen LogP contribution is -2.18. The van der Waals surface area contributed by atoms with Crippen molar-refractivity contribution in [2.24, 2.45) is 11.7 Å². The average molecular weight is 277 g/mol. The summed E-state index contributed by atoms with van der Waals surface area (Å²) in [6, 6.07) is 15.1. The Balaban J connectivity index is 2.05. The van der Waals surface area contributed by atoms with Crippen molar-refractivity contribution < 1.29 is 4.79 Å². The van der Waals surface area contributed by atoms with Gasteiger partial charge in [0.2, 0.25) is 5.91 Å². The highest BCUT2D eigenvalue weighted by Gasteiger charge is 2.21. The minimum atomic E-state index is -0.374.